The molecule has 1 amide bonds. The molecular formula is C15H22N2O. The van der Waals surface area contributed by atoms with Gasteiger partial charge in [0.15, 0.2) is 0 Å². The molecule has 3 nitrogen and oxygen atoms in total. The first-order valence-corrected chi connectivity index (χ1v) is 7.46. The third-order valence-corrected chi connectivity index (χ3v) is 5.71. The van der Waals surface area contributed by atoms with Crippen molar-refractivity contribution in [1.29, 1.82) is 0 Å². The quantitative estimate of drug-likeness (QED) is 0.710. The van der Waals surface area contributed by atoms with Crippen LogP contribution in [0.2, 0.25) is 0 Å². The van der Waals surface area contributed by atoms with Gasteiger partial charge < -0.3 is 10.2 Å². The van der Waals surface area contributed by atoms with Crippen molar-refractivity contribution in [2.24, 2.45) is 23.2 Å². The molecule has 5 aliphatic rings. The molecule has 2 unspecified atom stereocenters. The smallest absolute Gasteiger partial charge is 0.232 e. The molecule has 18 heavy (non-hydrogen) atoms. The molecule has 2 aliphatic heterocycles. The number of carbonyl (C=O) groups excluding carboxylic acids is 1. The van der Waals surface area contributed by atoms with E-state index in [2.05, 4.69) is 22.4 Å². The lowest BCUT2D eigenvalue weighted by molar-refractivity contribution is -0.141. The molecule has 0 aromatic heterocycles. The number of likely N-dealkylation sites (tertiary alicyclic amines) is 1. The number of nitrogens with one attached hydrogen (secondary N) is 1. The van der Waals surface area contributed by atoms with Crippen molar-refractivity contribution < 1.29 is 4.79 Å². The Morgan fingerprint density at radius 3 is 2.39 bits per heavy atom. The van der Waals surface area contributed by atoms with E-state index in [1.165, 1.54) is 12.8 Å². The average molecular weight is 246 g/mol. The number of nitrogens with zero attached hydrogens (tertiary/aromatic N) is 1. The Balaban J connectivity index is 1.53. The summed E-state index contributed by atoms with van der Waals surface area (Å²) in [5, 5.41) is 3.44. The van der Waals surface area contributed by atoms with Gasteiger partial charge in [-0.05, 0) is 43.4 Å². The number of fused-ring (bicyclic) bond motifs is 3. The summed E-state index contributed by atoms with van der Waals surface area (Å²) >= 11 is 0. The third-order valence-electron chi connectivity index (χ3n) is 5.71. The van der Waals surface area contributed by atoms with E-state index in [1.54, 1.807) is 0 Å². The molecule has 2 heterocycles. The van der Waals surface area contributed by atoms with Crippen LogP contribution in [-0.4, -0.2) is 37.0 Å². The minimum atomic E-state index is -0.110. The maximum atomic E-state index is 12.9. The van der Waals surface area contributed by atoms with Gasteiger partial charge in [0.05, 0.1) is 5.41 Å². The molecule has 1 N–H and O–H groups in total. The maximum Gasteiger partial charge on any atom is 0.232 e. The van der Waals surface area contributed by atoms with Crippen molar-refractivity contribution in [3.05, 3.63) is 12.2 Å². The molecule has 0 spiro atoms. The van der Waals surface area contributed by atoms with Crippen LogP contribution in [0.25, 0.3) is 0 Å². The zero-order chi connectivity index (χ0) is 12.2. The van der Waals surface area contributed by atoms with Gasteiger partial charge in [0, 0.05) is 26.2 Å². The Morgan fingerprint density at radius 2 is 1.83 bits per heavy atom. The molecule has 1 saturated carbocycles. The van der Waals surface area contributed by atoms with Gasteiger partial charge in [-0.15, -0.1) is 0 Å². The van der Waals surface area contributed by atoms with Crippen LogP contribution in [-0.2, 0) is 4.79 Å². The standard InChI is InChI=1S/C15H22N2O/c18-14(15-4-1-11(2-5-15)3-6-15)17-9-12-7-16-8-13(12)10-17/h1,4,11-13,16H,2-3,5-10H2. The van der Waals surface area contributed by atoms with Gasteiger partial charge in [0.1, 0.15) is 0 Å². The predicted octanol–water partition coefficient (Wildman–Crippen LogP) is 1.41. The van der Waals surface area contributed by atoms with E-state index in [9.17, 15) is 4.79 Å². The molecule has 5 rings (SSSR count). The summed E-state index contributed by atoms with van der Waals surface area (Å²) in [6.45, 7) is 4.21. The maximum absolute atomic E-state index is 12.9. The zero-order valence-corrected chi connectivity index (χ0v) is 10.9. The fraction of sp³-hybridized carbons (Fsp3) is 0.800. The number of rotatable bonds is 1. The third kappa shape index (κ3) is 1.49. The highest BCUT2D eigenvalue weighted by molar-refractivity contribution is 5.85. The lowest BCUT2D eigenvalue weighted by Gasteiger charge is -2.42. The van der Waals surface area contributed by atoms with Gasteiger partial charge >= 0.3 is 0 Å². The van der Waals surface area contributed by atoms with Crippen molar-refractivity contribution in [1.82, 2.24) is 10.2 Å². The van der Waals surface area contributed by atoms with Crippen molar-refractivity contribution in [2.45, 2.75) is 25.7 Å². The second-order valence-electron chi connectivity index (χ2n) is 6.74. The van der Waals surface area contributed by atoms with E-state index in [4.69, 9.17) is 0 Å². The Labute approximate surface area is 109 Å². The van der Waals surface area contributed by atoms with Crippen LogP contribution in [0.3, 0.4) is 0 Å². The first kappa shape index (κ1) is 11.0. The van der Waals surface area contributed by atoms with Crippen LogP contribution < -0.4 is 5.32 Å². The summed E-state index contributed by atoms with van der Waals surface area (Å²) < 4.78 is 0. The summed E-state index contributed by atoms with van der Waals surface area (Å²) in [5.74, 6) is 2.64. The molecule has 2 atom stereocenters. The summed E-state index contributed by atoms with van der Waals surface area (Å²) in [5.41, 5.74) is -0.110. The second-order valence-corrected chi connectivity index (χ2v) is 6.74. The number of hydrogen-bond donors (Lipinski definition) is 1. The summed E-state index contributed by atoms with van der Waals surface area (Å²) in [7, 11) is 0. The second kappa shape index (κ2) is 3.83. The van der Waals surface area contributed by atoms with Gasteiger partial charge in [-0.25, -0.2) is 0 Å². The first-order chi connectivity index (χ1) is 8.77. The Bertz CT molecular complexity index is 383. The normalized spacial score (nSPS) is 45.6. The fourth-order valence-electron chi connectivity index (χ4n) is 4.46. The summed E-state index contributed by atoms with van der Waals surface area (Å²) in [6, 6.07) is 0. The van der Waals surface area contributed by atoms with Gasteiger partial charge in [-0.1, -0.05) is 12.2 Å². The topological polar surface area (TPSA) is 32.3 Å². The Hall–Kier alpha value is -0.830. The van der Waals surface area contributed by atoms with Crippen molar-refractivity contribution in [3.8, 4) is 0 Å². The monoisotopic (exact) mass is 246 g/mol. The molecule has 98 valence electrons. The van der Waals surface area contributed by atoms with E-state index >= 15 is 0 Å². The molecule has 3 heteroatoms. The molecule has 2 saturated heterocycles. The SMILES string of the molecule is O=C(N1CC2CNCC2C1)C12C=CC(CC1)CC2. The van der Waals surface area contributed by atoms with Gasteiger partial charge in [-0.2, -0.15) is 0 Å². The van der Waals surface area contributed by atoms with Crippen LogP contribution in [0.1, 0.15) is 25.7 Å². The lowest BCUT2D eigenvalue weighted by atomic mass is 9.64. The Morgan fingerprint density at radius 1 is 1.17 bits per heavy atom. The van der Waals surface area contributed by atoms with Crippen LogP contribution in [0.15, 0.2) is 12.2 Å². The largest absolute Gasteiger partial charge is 0.341 e. The number of amides is 1. The van der Waals surface area contributed by atoms with Crippen molar-refractivity contribution in [2.75, 3.05) is 26.2 Å². The summed E-state index contributed by atoms with van der Waals surface area (Å²) in [4.78, 5) is 15.0. The Kier molecular flexibility index (Phi) is 2.35. The first-order valence-electron chi connectivity index (χ1n) is 7.46. The molecule has 3 aliphatic carbocycles. The van der Waals surface area contributed by atoms with Gasteiger partial charge in [0.2, 0.25) is 5.91 Å². The highest BCUT2D eigenvalue weighted by atomic mass is 16.2. The number of allylic oxidation sites excluding steroid dienone is 1. The molecule has 0 aromatic carbocycles. The van der Waals surface area contributed by atoms with Crippen LogP contribution in [0.4, 0.5) is 0 Å². The van der Waals surface area contributed by atoms with E-state index < -0.39 is 0 Å². The average Bonchev–Trinajstić information content (AvgIpc) is 3.01. The molecule has 3 fully saturated rings. The van der Waals surface area contributed by atoms with E-state index in [0.29, 0.717) is 17.7 Å². The minimum Gasteiger partial charge on any atom is -0.341 e. The lowest BCUT2D eigenvalue weighted by Crippen LogP contribution is -2.46. The highest BCUT2D eigenvalue weighted by Crippen LogP contribution is 2.47. The molecular weight excluding hydrogens is 224 g/mol. The molecule has 0 aromatic rings. The van der Waals surface area contributed by atoms with Gasteiger partial charge in [0.25, 0.3) is 0 Å². The number of hydrogen-bond acceptors (Lipinski definition) is 2. The van der Waals surface area contributed by atoms with Gasteiger partial charge in [-0.3, -0.25) is 4.79 Å². The van der Waals surface area contributed by atoms with E-state index in [1.807, 2.05) is 0 Å². The fourth-order valence-corrected chi connectivity index (χ4v) is 4.46. The van der Waals surface area contributed by atoms with E-state index in [-0.39, 0.29) is 5.41 Å². The van der Waals surface area contributed by atoms with E-state index in [0.717, 1.165) is 44.9 Å². The minimum absolute atomic E-state index is 0.110. The molecule has 2 bridgehead atoms. The van der Waals surface area contributed by atoms with Crippen LogP contribution in [0, 0.1) is 23.2 Å². The predicted molar refractivity (Wildman–Crippen MR) is 70.0 cm³/mol. The summed E-state index contributed by atoms with van der Waals surface area (Å²) in [6.07, 6.45) is 9.20. The molecule has 0 radical (unpaired) electrons. The highest BCUT2D eigenvalue weighted by Gasteiger charge is 2.47. The number of carbonyl (C=O) groups is 1. The van der Waals surface area contributed by atoms with Crippen molar-refractivity contribution in [3.63, 3.8) is 0 Å². The van der Waals surface area contributed by atoms with Crippen molar-refractivity contribution >= 4 is 5.91 Å². The zero-order valence-electron chi connectivity index (χ0n) is 10.9. The van der Waals surface area contributed by atoms with Crippen LogP contribution >= 0.6 is 0 Å². The van der Waals surface area contributed by atoms with Crippen LogP contribution in [0.5, 0.6) is 0 Å².